The third-order valence-electron chi connectivity index (χ3n) is 4.90. The molecule has 0 saturated carbocycles. The Morgan fingerprint density at radius 1 is 1.15 bits per heavy atom. The molecule has 0 spiro atoms. The summed E-state index contributed by atoms with van der Waals surface area (Å²) in [6.07, 6.45) is 10.4. The van der Waals surface area contributed by atoms with Crippen molar-refractivity contribution in [2.45, 2.75) is 18.9 Å². The fourth-order valence-corrected chi connectivity index (χ4v) is 3.64. The number of pyridine rings is 1. The van der Waals surface area contributed by atoms with Gasteiger partial charge in [0, 0.05) is 48.8 Å². The van der Waals surface area contributed by atoms with Crippen LogP contribution in [-0.2, 0) is 0 Å². The maximum Gasteiger partial charge on any atom is 0.142 e. The quantitative estimate of drug-likeness (QED) is 0.723. The van der Waals surface area contributed by atoms with E-state index in [0.717, 1.165) is 37.2 Å². The third kappa shape index (κ3) is 3.04. The van der Waals surface area contributed by atoms with Gasteiger partial charge in [0.2, 0.25) is 0 Å². The summed E-state index contributed by atoms with van der Waals surface area (Å²) in [6, 6.07) is 9.74. The molecule has 3 aromatic rings. The van der Waals surface area contributed by atoms with Crippen LogP contribution in [0, 0.1) is 17.1 Å². The van der Waals surface area contributed by atoms with Crippen molar-refractivity contribution in [1.29, 1.82) is 5.26 Å². The first-order chi connectivity index (χ1) is 12.8. The lowest BCUT2D eigenvalue weighted by molar-refractivity contribution is 0.396. The highest BCUT2D eigenvalue weighted by Gasteiger charge is 2.24. The maximum atomic E-state index is 13.7. The smallest absolute Gasteiger partial charge is 0.142 e. The summed E-state index contributed by atoms with van der Waals surface area (Å²) in [4.78, 5) is 10.3. The monoisotopic (exact) mass is 347 g/mol. The molecule has 1 aromatic carbocycles. The number of anilines is 1. The average molecular weight is 347 g/mol. The predicted octanol–water partition coefficient (Wildman–Crippen LogP) is 3.80. The summed E-state index contributed by atoms with van der Waals surface area (Å²) in [7, 11) is 0. The molecule has 1 saturated heterocycles. The third-order valence-corrected chi connectivity index (χ3v) is 4.90. The van der Waals surface area contributed by atoms with Gasteiger partial charge in [-0.15, -0.1) is 0 Å². The van der Waals surface area contributed by atoms with Gasteiger partial charge >= 0.3 is 0 Å². The predicted molar refractivity (Wildman–Crippen MR) is 97.1 cm³/mol. The second-order valence-electron chi connectivity index (χ2n) is 6.43. The highest BCUT2D eigenvalue weighted by atomic mass is 19.1. The van der Waals surface area contributed by atoms with Gasteiger partial charge in [-0.3, -0.25) is 4.98 Å². The molecule has 0 atom stereocenters. The van der Waals surface area contributed by atoms with Crippen LogP contribution in [0.15, 0.2) is 55.4 Å². The molecule has 1 aliphatic heterocycles. The number of nitriles is 1. The SMILES string of the molecule is N#Cc1cccc(-c2cncc(F)c2)c1N1CCC(n2ccnc2)CC1. The second kappa shape index (κ2) is 6.96. The minimum absolute atomic E-state index is 0.380. The van der Waals surface area contributed by atoms with Crippen molar-refractivity contribution in [3.63, 3.8) is 0 Å². The molecule has 1 aliphatic rings. The zero-order chi connectivity index (χ0) is 17.9. The zero-order valence-electron chi connectivity index (χ0n) is 14.2. The van der Waals surface area contributed by atoms with E-state index in [4.69, 9.17) is 0 Å². The summed E-state index contributed by atoms with van der Waals surface area (Å²) in [5.74, 6) is -0.380. The molecule has 5 nitrogen and oxygen atoms in total. The number of piperidine rings is 1. The molecule has 0 bridgehead atoms. The Bertz CT molecular complexity index is 937. The van der Waals surface area contributed by atoms with E-state index in [2.05, 4.69) is 25.5 Å². The Morgan fingerprint density at radius 2 is 2.00 bits per heavy atom. The van der Waals surface area contributed by atoms with Crippen molar-refractivity contribution in [2.24, 2.45) is 0 Å². The number of para-hydroxylation sites is 1. The van der Waals surface area contributed by atoms with Crippen molar-refractivity contribution < 1.29 is 4.39 Å². The highest BCUT2D eigenvalue weighted by molar-refractivity contribution is 5.82. The summed E-state index contributed by atoms with van der Waals surface area (Å²) in [5, 5.41) is 9.60. The Balaban J connectivity index is 1.67. The molecular weight excluding hydrogens is 329 g/mol. The number of aromatic nitrogens is 3. The van der Waals surface area contributed by atoms with Crippen LogP contribution in [0.5, 0.6) is 0 Å². The number of imidazole rings is 1. The molecule has 3 heterocycles. The first-order valence-electron chi connectivity index (χ1n) is 8.62. The lowest BCUT2D eigenvalue weighted by atomic mass is 9.97. The molecule has 130 valence electrons. The van der Waals surface area contributed by atoms with Crippen LogP contribution < -0.4 is 4.90 Å². The van der Waals surface area contributed by atoms with Gasteiger partial charge in [0.05, 0.1) is 23.8 Å². The number of hydrogen-bond donors (Lipinski definition) is 0. The summed E-state index contributed by atoms with van der Waals surface area (Å²) in [6.45, 7) is 1.66. The highest BCUT2D eigenvalue weighted by Crippen LogP contribution is 2.36. The lowest BCUT2D eigenvalue weighted by Crippen LogP contribution is -2.35. The van der Waals surface area contributed by atoms with Gasteiger partial charge in [0.15, 0.2) is 0 Å². The standard InChI is InChI=1S/C20H18FN5/c21-17-10-16(12-24-13-17)19-3-1-2-15(11-22)20(19)25-7-4-18(5-8-25)26-9-6-23-14-26/h1-3,6,9-10,12-14,18H,4-5,7-8H2. The minimum atomic E-state index is -0.380. The molecule has 1 fully saturated rings. The lowest BCUT2D eigenvalue weighted by Gasteiger charge is -2.35. The van der Waals surface area contributed by atoms with Gasteiger partial charge in [-0.05, 0) is 25.0 Å². The molecule has 0 unspecified atom stereocenters. The largest absolute Gasteiger partial charge is 0.370 e. The molecule has 2 aromatic heterocycles. The van der Waals surface area contributed by atoms with E-state index in [1.807, 2.05) is 30.7 Å². The molecular formula is C20H18FN5. The average Bonchev–Trinajstić information content (AvgIpc) is 3.22. The normalized spacial score (nSPS) is 15.0. The molecule has 0 aliphatic carbocycles. The number of nitrogens with zero attached hydrogens (tertiary/aromatic N) is 5. The zero-order valence-corrected chi connectivity index (χ0v) is 14.2. The van der Waals surface area contributed by atoms with E-state index in [1.54, 1.807) is 12.4 Å². The van der Waals surface area contributed by atoms with Crippen LogP contribution in [0.1, 0.15) is 24.4 Å². The van der Waals surface area contributed by atoms with Crippen molar-refractivity contribution in [1.82, 2.24) is 14.5 Å². The van der Waals surface area contributed by atoms with Crippen LogP contribution in [0.4, 0.5) is 10.1 Å². The van der Waals surface area contributed by atoms with Crippen LogP contribution in [0.2, 0.25) is 0 Å². The Kier molecular flexibility index (Phi) is 4.36. The van der Waals surface area contributed by atoms with Crippen LogP contribution in [-0.4, -0.2) is 27.6 Å². The summed E-state index contributed by atoms with van der Waals surface area (Å²) < 4.78 is 15.8. The van der Waals surface area contributed by atoms with Crippen molar-refractivity contribution in [3.05, 3.63) is 66.8 Å². The molecule has 26 heavy (non-hydrogen) atoms. The summed E-state index contributed by atoms with van der Waals surface area (Å²) >= 11 is 0. The van der Waals surface area contributed by atoms with Gasteiger partial charge in [-0.1, -0.05) is 12.1 Å². The van der Waals surface area contributed by atoms with Crippen LogP contribution >= 0.6 is 0 Å². The second-order valence-corrected chi connectivity index (χ2v) is 6.43. The van der Waals surface area contributed by atoms with Crippen LogP contribution in [0.3, 0.4) is 0 Å². The van der Waals surface area contributed by atoms with E-state index < -0.39 is 0 Å². The number of halogens is 1. The van der Waals surface area contributed by atoms with Gasteiger partial charge in [-0.2, -0.15) is 5.26 Å². The Labute approximate surface area is 151 Å². The first kappa shape index (κ1) is 16.3. The Hall–Kier alpha value is -3.20. The van der Waals surface area contributed by atoms with E-state index in [1.165, 1.54) is 12.3 Å². The van der Waals surface area contributed by atoms with Crippen molar-refractivity contribution in [2.75, 3.05) is 18.0 Å². The number of hydrogen-bond acceptors (Lipinski definition) is 4. The van der Waals surface area contributed by atoms with Crippen LogP contribution in [0.25, 0.3) is 11.1 Å². The fourth-order valence-electron chi connectivity index (χ4n) is 3.64. The molecule has 0 amide bonds. The number of rotatable bonds is 3. The van der Waals surface area contributed by atoms with E-state index in [-0.39, 0.29) is 5.82 Å². The van der Waals surface area contributed by atoms with Crippen molar-refractivity contribution in [3.8, 4) is 17.2 Å². The van der Waals surface area contributed by atoms with Gasteiger partial charge in [0.1, 0.15) is 11.9 Å². The van der Waals surface area contributed by atoms with Gasteiger partial charge in [-0.25, -0.2) is 9.37 Å². The fraction of sp³-hybridized carbons (Fsp3) is 0.250. The van der Waals surface area contributed by atoms with E-state index >= 15 is 0 Å². The van der Waals surface area contributed by atoms with Crippen molar-refractivity contribution >= 4 is 5.69 Å². The minimum Gasteiger partial charge on any atom is -0.370 e. The van der Waals surface area contributed by atoms with Gasteiger partial charge < -0.3 is 9.47 Å². The topological polar surface area (TPSA) is 57.7 Å². The van der Waals surface area contributed by atoms with E-state index in [9.17, 15) is 9.65 Å². The first-order valence-corrected chi connectivity index (χ1v) is 8.62. The number of benzene rings is 1. The summed E-state index contributed by atoms with van der Waals surface area (Å²) in [5.41, 5.74) is 3.00. The van der Waals surface area contributed by atoms with Gasteiger partial charge in [0.25, 0.3) is 0 Å². The molecule has 0 radical (unpaired) electrons. The van der Waals surface area contributed by atoms with E-state index in [0.29, 0.717) is 17.2 Å². The molecule has 0 N–H and O–H groups in total. The molecule has 6 heteroatoms. The maximum absolute atomic E-state index is 13.7. The Morgan fingerprint density at radius 3 is 2.69 bits per heavy atom. The molecule has 4 rings (SSSR count).